The molecule has 5 nitrogen and oxygen atoms in total. The number of amides is 1. The number of fused-ring (bicyclic) bond motifs is 1. The first-order valence-corrected chi connectivity index (χ1v) is 10.2. The van der Waals surface area contributed by atoms with E-state index >= 15 is 0 Å². The van der Waals surface area contributed by atoms with Gasteiger partial charge in [-0.3, -0.25) is 14.6 Å². The van der Waals surface area contributed by atoms with Crippen molar-refractivity contribution in [3.63, 3.8) is 0 Å². The molecule has 0 unspecified atom stereocenters. The van der Waals surface area contributed by atoms with Crippen LogP contribution in [0.25, 0.3) is 0 Å². The second kappa shape index (κ2) is 8.76. The number of piperazine rings is 1. The topological polar surface area (TPSA) is 44.8 Å². The fourth-order valence-electron chi connectivity index (χ4n) is 4.00. The van der Waals surface area contributed by atoms with Gasteiger partial charge in [-0.25, -0.2) is 0 Å². The molecule has 5 heteroatoms. The van der Waals surface area contributed by atoms with Crippen molar-refractivity contribution < 1.29 is 9.53 Å². The zero-order chi connectivity index (χ0) is 19.3. The zero-order valence-corrected chi connectivity index (χ0v) is 16.6. The van der Waals surface area contributed by atoms with Gasteiger partial charge in [0.15, 0.2) is 0 Å². The van der Waals surface area contributed by atoms with E-state index < -0.39 is 0 Å². The maximum atomic E-state index is 12.5. The van der Waals surface area contributed by atoms with Crippen molar-refractivity contribution >= 4 is 5.91 Å². The molecular weight excluding hydrogens is 350 g/mol. The Morgan fingerprint density at radius 1 is 1.07 bits per heavy atom. The first-order chi connectivity index (χ1) is 13.7. The van der Waals surface area contributed by atoms with Gasteiger partial charge in [0.25, 0.3) is 0 Å². The van der Waals surface area contributed by atoms with Gasteiger partial charge in [-0.05, 0) is 29.7 Å². The van der Waals surface area contributed by atoms with Crippen LogP contribution in [0.1, 0.15) is 23.6 Å². The summed E-state index contributed by atoms with van der Waals surface area (Å²) in [6.45, 7) is 8.20. The van der Waals surface area contributed by atoms with Gasteiger partial charge in [0.1, 0.15) is 5.75 Å². The molecule has 1 amide bonds. The summed E-state index contributed by atoms with van der Waals surface area (Å²) >= 11 is 0. The van der Waals surface area contributed by atoms with Crippen molar-refractivity contribution in [3.05, 3.63) is 65.2 Å². The molecule has 1 N–H and O–H groups in total. The van der Waals surface area contributed by atoms with Crippen LogP contribution in [0.3, 0.4) is 0 Å². The summed E-state index contributed by atoms with van der Waals surface area (Å²) in [4.78, 5) is 17.3. The number of hydrogen-bond acceptors (Lipinski definition) is 4. The monoisotopic (exact) mass is 379 g/mol. The minimum absolute atomic E-state index is 0.0944. The van der Waals surface area contributed by atoms with Crippen molar-refractivity contribution in [1.82, 2.24) is 15.1 Å². The molecule has 0 aliphatic carbocycles. The predicted molar refractivity (Wildman–Crippen MR) is 110 cm³/mol. The van der Waals surface area contributed by atoms with Crippen LogP contribution in [-0.4, -0.2) is 54.5 Å². The van der Waals surface area contributed by atoms with Crippen LogP contribution in [0.4, 0.5) is 0 Å². The molecule has 2 aliphatic heterocycles. The number of hydrogen-bond donors (Lipinski definition) is 1. The molecule has 0 radical (unpaired) electrons. The molecule has 2 aromatic carbocycles. The molecule has 1 atom stereocenters. The summed E-state index contributed by atoms with van der Waals surface area (Å²) in [5, 5.41) is 3.06. The van der Waals surface area contributed by atoms with E-state index in [2.05, 4.69) is 33.3 Å². The fraction of sp³-hybridized carbons (Fsp3) is 0.435. The average molecular weight is 380 g/mol. The number of benzene rings is 2. The molecule has 0 saturated carbocycles. The zero-order valence-electron chi connectivity index (χ0n) is 16.6. The third-order valence-corrected chi connectivity index (χ3v) is 5.80. The molecule has 148 valence electrons. The van der Waals surface area contributed by atoms with Crippen LogP contribution in [-0.2, 0) is 24.3 Å². The molecule has 2 heterocycles. The largest absolute Gasteiger partial charge is 0.493 e. The normalized spacial score (nSPS) is 18.3. The van der Waals surface area contributed by atoms with Gasteiger partial charge >= 0.3 is 0 Å². The highest BCUT2D eigenvalue weighted by Gasteiger charge is 2.25. The van der Waals surface area contributed by atoms with Gasteiger partial charge in [-0.2, -0.15) is 0 Å². The third kappa shape index (κ3) is 4.54. The molecule has 28 heavy (non-hydrogen) atoms. The van der Waals surface area contributed by atoms with Crippen molar-refractivity contribution in [2.45, 2.75) is 32.5 Å². The van der Waals surface area contributed by atoms with Crippen molar-refractivity contribution in [2.24, 2.45) is 0 Å². The van der Waals surface area contributed by atoms with Gasteiger partial charge in [0.05, 0.1) is 12.6 Å². The first-order valence-electron chi connectivity index (χ1n) is 10.2. The van der Waals surface area contributed by atoms with Gasteiger partial charge in [-0.15, -0.1) is 0 Å². The Morgan fingerprint density at radius 3 is 2.64 bits per heavy atom. The van der Waals surface area contributed by atoms with Crippen LogP contribution in [0.2, 0.25) is 0 Å². The summed E-state index contributed by atoms with van der Waals surface area (Å²) in [5.74, 6) is 1.15. The SMILES string of the molecule is C[C@@H](C(=O)NCc1ccccc1)N1CCN(Cc2ccc3c(c2)CCO3)CC1. The molecule has 1 saturated heterocycles. The number of rotatable bonds is 6. The van der Waals surface area contributed by atoms with E-state index in [0.717, 1.165) is 57.1 Å². The molecule has 2 aromatic rings. The number of carbonyl (C=O) groups excluding carboxylic acids is 1. The Labute approximate surface area is 167 Å². The van der Waals surface area contributed by atoms with Crippen LogP contribution in [0, 0.1) is 0 Å². The van der Waals surface area contributed by atoms with E-state index in [-0.39, 0.29) is 11.9 Å². The second-order valence-electron chi connectivity index (χ2n) is 7.73. The summed E-state index contributed by atoms with van der Waals surface area (Å²) in [5.41, 5.74) is 3.82. The molecule has 0 bridgehead atoms. The highest BCUT2D eigenvalue weighted by atomic mass is 16.5. The number of carbonyl (C=O) groups is 1. The minimum atomic E-state index is -0.0944. The van der Waals surface area contributed by atoms with Crippen LogP contribution < -0.4 is 10.1 Å². The Kier molecular flexibility index (Phi) is 5.93. The van der Waals surface area contributed by atoms with E-state index in [1.807, 2.05) is 37.3 Å². The maximum absolute atomic E-state index is 12.5. The van der Waals surface area contributed by atoms with Crippen LogP contribution in [0.15, 0.2) is 48.5 Å². The number of ether oxygens (including phenoxy) is 1. The van der Waals surface area contributed by atoms with E-state index in [1.54, 1.807) is 0 Å². The van der Waals surface area contributed by atoms with Gasteiger partial charge in [0, 0.05) is 45.7 Å². The fourth-order valence-corrected chi connectivity index (χ4v) is 4.00. The summed E-state index contributed by atoms with van der Waals surface area (Å²) in [6, 6.07) is 16.5. The van der Waals surface area contributed by atoms with Crippen LogP contribution in [0.5, 0.6) is 5.75 Å². The third-order valence-electron chi connectivity index (χ3n) is 5.80. The smallest absolute Gasteiger partial charge is 0.237 e. The maximum Gasteiger partial charge on any atom is 0.237 e. The number of nitrogens with zero attached hydrogens (tertiary/aromatic N) is 2. The molecule has 2 aliphatic rings. The quantitative estimate of drug-likeness (QED) is 0.837. The molecule has 0 aromatic heterocycles. The van der Waals surface area contributed by atoms with E-state index in [4.69, 9.17) is 4.74 Å². The number of nitrogens with one attached hydrogen (secondary N) is 1. The van der Waals surface area contributed by atoms with E-state index in [9.17, 15) is 4.79 Å². The Morgan fingerprint density at radius 2 is 1.86 bits per heavy atom. The molecule has 4 rings (SSSR count). The van der Waals surface area contributed by atoms with Gasteiger partial charge in [-0.1, -0.05) is 42.5 Å². The predicted octanol–water partition coefficient (Wildman–Crippen LogP) is 2.44. The lowest BCUT2D eigenvalue weighted by atomic mass is 10.1. The van der Waals surface area contributed by atoms with Crippen molar-refractivity contribution in [1.29, 1.82) is 0 Å². The summed E-state index contributed by atoms with van der Waals surface area (Å²) in [6.07, 6.45) is 1.02. The standard InChI is InChI=1S/C23H29N3O2/c1-18(23(27)24-16-19-5-3-2-4-6-19)26-12-10-25(11-13-26)17-20-7-8-22-21(15-20)9-14-28-22/h2-8,15,18H,9-14,16-17H2,1H3,(H,24,27)/t18-/m0/s1. The minimum Gasteiger partial charge on any atom is -0.493 e. The van der Waals surface area contributed by atoms with Crippen LogP contribution >= 0.6 is 0 Å². The lowest BCUT2D eigenvalue weighted by molar-refractivity contribution is -0.126. The van der Waals surface area contributed by atoms with Crippen molar-refractivity contribution in [2.75, 3.05) is 32.8 Å². The lowest BCUT2D eigenvalue weighted by Gasteiger charge is -2.37. The Balaban J connectivity index is 1.23. The first kappa shape index (κ1) is 19.0. The van der Waals surface area contributed by atoms with Crippen molar-refractivity contribution in [3.8, 4) is 5.75 Å². The highest BCUT2D eigenvalue weighted by Crippen LogP contribution is 2.26. The second-order valence-corrected chi connectivity index (χ2v) is 7.73. The summed E-state index contributed by atoms with van der Waals surface area (Å²) < 4.78 is 5.60. The molecule has 0 spiro atoms. The lowest BCUT2D eigenvalue weighted by Crippen LogP contribution is -2.53. The summed E-state index contributed by atoms with van der Waals surface area (Å²) in [7, 11) is 0. The van der Waals surface area contributed by atoms with Gasteiger partial charge < -0.3 is 10.1 Å². The Bertz CT molecular complexity index is 801. The molecular formula is C23H29N3O2. The average Bonchev–Trinajstić information content (AvgIpc) is 3.21. The highest BCUT2D eigenvalue weighted by molar-refractivity contribution is 5.81. The van der Waals surface area contributed by atoms with E-state index in [1.165, 1.54) is 11.1 Å². The van der Waals surface area contributed by atoms with E-state index in [0.29, 0.717) is 6.54 Å². The van der Waals surface area contributed by atoms with Gasteiger partial charge in [0.2, 0.25) is 5.91 Å². The Hall–Kier alpha value is -2.37. The molecule has 1 fully saturated rings.